The molecule has 0 fully saturated rings. The third kappa shape index (κ3) is 4.47. The molecule has 0 radical (unpaired) electrons. The number of rotatable bonds is 7. The van der Waals surface area contributed by atoms with E-state index in [1.54, 1.807) is 24.3 Å². The Labute approximate surface area is 145 Å². The molecular weight excluding hydrogens is 352 g/mol. The molecule has 0 heterocycles. The number of carbonyl (C=O) groups is 1. The zero-order valence-corrected chi connectivity index (χ0v) is 14.5. The highest BCUT2D eigenvalue weighted by molar-refractivity contribution is 7.89. The van der Waals surface area contributed by atoms with Crippen LogP contribution in [0.25, 0.3) is 0 Å². The molecule has 0 aliphatic heterocycles. The van der Waals surface area contributed by atoms with Crippen molar-refractivity contribution in [3.8, 4) is 5.75 Å². The molecule has 0 saturated heterocycles. The Morgan fingerprint density at radius 3 is 2.50 bits per heavy atom. The summed E-state index contributed by atoms with van der Waals surface area (Å²) in [6, 6.07) is 12.1. The lowest BCUT2D eigenvalue weighted by Crippen LogP contribution is -2.45. The van der Waals surface area contributed by atoms with Crippen LogP contribution in [0.5, 0.6) is 5.75 Å². The zero-order chi connectivity index (χ0) is 17.7. The Bertz CT molecular complexity index is 825. The number of nitrogens with two attached hydrogens (primary N) is 1. The molecule has 3 N–H and O–H groups in total. The molecule has 0 bridgehead atoms. The second-order valence-electron chi connectivity index (χ2n) is 5.06. The molecule has 0 aliphatic carbocycles. The first-order valence-electron chi connectivity index (χ1n) is 7.02. The molecule has 2 aromatic carbocycles. The van der Waals surface area contributed by atoms with Crippen molar-refractivity contribution >= 4 is 27.5 Å². The van der Waals surface area contributed by atoms with Gasteiger partial charge >= 0.3 is 0 Å². The maximum absolute atomic E-state index is 12.6. The number of benzene rings is 2. The predicted molar refractivity (Wildman–Crippen MR) is 91.5 cm³/mol. The first kappa shape index (κ1) is 18.3. The molecule has 1 atom stereocenters. The molecule has 2 aromatic rings. The Kier molecular flexibility index (Phi) is 5.82. The number of primary amides is 1. The van der Waals surface area contributed by atoms with Gasteiger partial charge in [-0.2, -0.15) is 4.72 Å². The van der Waals surface area contributed by atoms with Gasteiger partial charge in [-0.3, -0.25) is 4.79 Å². The summed E-state index contributed by atoms with van der Waals surface area (Å²) in [6.45, 7) is 0. The highest BCUT2D eigenvalue weighted by atomic mass is 35.5. The third-order valence-corrected chi connectivity index (χ3v) is 5.07. The number of halogens is 1. The largest absolute Gasteiger partial charge is 0.495 e. The first-order chi connectivity index (χ1) is 11.3. The van der Waals surface area contributed by atoms with Gasteiger partial charge < -0.3 is 10.5 Å². The number of sulfonamides is 1. The fourth-order valence-electron chi connectivity index (χ4n) is 2.16. The summed E-state index contributed by atoms with van der Waals surface area (Å²) in [5.41, 5.74) is 6.13. The minimum absolute atomic E-state index is 0.120. The minimum atomic E-state index is -4.05. The lowest BCUT2D eigenvalue weighted by molar-refractivity contribution is -0.119. The van der Waals surface area contributed by atoms with E-state index in [0.29, 0.717) is 0 Å². The number of ether oxygens (including phenoxy) is 1. The van der Waals surface area contributed by atoms with Gasteiger partial charge in [0, 0.05) is 5.02 Å². The summed E-state index contributed by atoms with van der Waals surface area (Å²) in [5, 5.41) is 0.231. The Morgan fingerprint density at radius 1 is 1.25 bits per heavy atom. The quantitative estimate of drug-likeness (QED) is 0.777. The molecular formula is C16H17ClN2O4S. The van der Waals surface area contributed by atoms with E-state index in [1.807, 2.05) is 6.07 Å². The molecule has 2 rings (SSSR count). The second-order valence-corrected chi connectivity index (χ2v) is 7.18. The summed E-state index contributed by atoms with van der Waals surface area (Å²) in [4.78, 5) is 11.5. The average Bonchev–Trinajstić information content (AvgIpc) is 2.55. The van der Waals surface area contributed by atoms with Gasteiger partial charge in [-0.1, -0.05) is 41.9 Å². The van der Waals surface area contributed by atoms with Crippen LogP contribution in [0.3, 0.4) is 0 Å². The number of carbonyl (C=O) groups excluding carboxylic acids is 1. The molecule has 24 heavy (non-hydrogen) atoms. The normalized spacial score (nSPS) is 12.6. The minimum Gasteiger partial charge on any atom is -0.495 e. The molecule has 0 saturated carbocycles. The van der Waals surface area contributed by atoms with Crippen molar-refractivity contribution in [1.82, 2.24) is 4.72 Å². The summed E-state index contributed by atoms with van der Waals surface area (Å²) >= 11 is 5.87. The van der Waals surface area contributed by atoms with Crippen LogP contribution in [0.1, 0.15) is 5.56 Å². The van der Waals surface area contributed by atoms with Gasteiger partial charge in [0.1, 0.15) is 16.7 Å². The van der Waals surface area contributed by atoms with E-state index in [1.165, 1.54) is 25.3 Å². The molecule has 6 nitrogen and oxygen atoms in total. The number of hydrogen-bond donors (Lipinski definition) is 2. The molecule has 128 valence electrons. The standard InChI is InChI=1S/C16H17ClN2O4S/c1-23-14-8-7-12(17)10-15(14)24(21,22)19-13(16(18)20)9-11-5-3-2-4-6-11/h2-8,10,13,19H,9H2,1H3,(H2,18,20). The van der Waals surface area contributed by atoms with E-state index in [0.717, 1.165) is 5.56 Å². The number of amides is 1. The van der Waals surface area contributed by atoms with Crippen LogP contribution in [0.15, 0.2) is 53.4 Å². The number of hydrogen-bond acceptors (Lipinski definition) is 4. The van der Waals surface area contributed by atoms with Crippen LogP contribution >= 0.6 is 11.6 Å². The topological polar surface area (TPSA) is 98.5 Å². The molecule has 1 amide bonds. The number of nitrogens with one attached hydrogen (secondary N) is 1. The van der Waals surface area contributed by atoms with Crippen LogP contribution in [0.2, 0.25) is 5.02 Å². The van der Waals surface area contributed by atoms with Gasteiger partial charge in [-0.15, -0.1) is 0 Å². The molecule has 1 unspecified atom stereocenters. The van der Waals surface area contributed by atoms with Gasteiger partial charge in [0.15, 0.2) is 0 Å². The van der Waals surface area contributed by atoms with Crippen LogP contribution in [-0.4, -0.2) is 27.5 Å². The highest BCUT2D eigenvalue weighted by Gasteiger charge is 2.27. The van der Waals surface area contributed by atoms with Crippen molar-refractivity contribution in [3.05, 3.63) is 59.1 Å². The maximum Gasteiger partial charge on any atom is 0.245 e. The van der Waals surface area contributed by atoms with E-state index in [4.69, 9.17) is 22.1 Å². The summed E-state index contributed by atoms with van der Waals surface area (Å²) in [6.07, 6.45) is 0.137. The Hall–Kier alpha value is -2.09. The smallest absolute Gasteiger partial charge is 0.245 e. The predicted octanol–water partition coefficient (Wildman–Crippen LogP) is 1.72. The summed E-state index contributed by atoms with van der Waals surface area (Å²) in [7, 11) is -2.71. The molecule has 0 aromatic heterocycles. The van der Waals surface area contributed by atoms with Crippen molar-refractivity contribution in [2.24, 2.45) is 5.73 Å². The first-order valence-corrected chi connectivity index (χ1v) is 8.88. The summed E-state index contributed by atoms with van der Waals surface area (Å²) < 4.78 is 32.6. The lowest BCUT2D eigenvalue weighted by atomic mass is 10.1. The van der Waals surface area contributed by atoms with Crippen LogP contribution < -0.4 is 15.2 Å². The monoisotopic (exact) mass is 368 g/mol. The highest BCUT2D eigenvalue weighted by Crippen LogP contribution is 2.27. The molecule has 0 spiro atoms. The zero-order valence-electron chi connectivity index (χ0n) is 12.9. The number of methoxy groups -OCH3 is 1. The van der Waals surface area contributed by atoms with Crippen molar-refractivity contribution in [3.63, 3.8) is 0 Å². The van der Waals surface area contributed by atoms with Crippen LogP contribution in [0.4, 0.5) is 0 Å². The third-order valence-electron chi connectivity index (χ3n) is 3.34. The van der Waals surface area contributed by atoms with Crippen molar-refractivity contribution in [2.75, 3.05) is 7.11 Å². The van der Waals surface area contributed by atoms with Crippen molar-refractivity contribution < 1.29 is 17.9 Å². The van der Waals surface area contributed by atoms with E-state index in [9.17, 15) is 13.2 Å². The summed E-state index contributed by atoms with van der Waals surface area (Å²) in [5.74, 6) is -0.654. The van der Waals surface area contributed by atoms with E-state index >= 15 is 0 Å². The molecule has 8 heteroatoms. The fourth-order valence-corrected chi connectivity index (χ4v) is 3.80. The second kappa shape index (κ2) is 7.65. The van der Waals surface area contributed by atoms with E-state index in [-0.39, 0.29) is 22.1 Å². The van der Waals surface area contributed by atoms with Crippen molar-refractivity contribution in [2.45, 2.75) is 17.4 Å². The molecule has 0 aliphatic rings. The maximum atomic E-state index is 12.6. The van der Waals surface area contributed by atoms with Gasteiger partial charge in [-0.25, -0.2) is 8.42 Å². The van der Waals surface area contributed by atoms with Gasteiger partial charge in [0.05, 0.1) is 7.11 Å². The Morgan fingerprint density at radius 2 is 1.92 bits per heavy atom. The van der Waals surface area contributed by atoms with Crippen molar-refractivity contribution in [1.29, 1.82) is 0 Å². The average molecular weight is 369 g/mol. The van der Waals surface area contributed by atoms with Crippen LogP contribution in [0, 0.1) is 0 Å². The van der Waals surface area contributed by atoms with Gasteiger partial charge in [0.2, 0.25) is 15.9 Å². The lowest BCUT2D eigenvalue weighted by Gasteiger charge is -2.17. The van der Waals surface area contributed by atoms with E-state index < -0.39 is 22.0 Å². The Balaban J connectivity index is 2.31. The van der Waals surface area contributed by atoms with E-state index in [2.05, 4.69) is 4.72 Å². The fraction of sp³-hybridized carbons (Fsp3) is 0.188. The SMILES string of the molecule is COc1ccc(Cl)cc1S(=O)(=O)NC(Cc1ccccc1)C(N)=O. The van der Waals surface area contributed by atoms with Gasteiger partial charge in [0.25, 0.3) is 0 Å². The van der Waals surface area contributed by atoms with Gasteiger partial charge in [-0.05, 0) is 30.2 Å². The van der Waals surface area contributed by atoms with Crippen LogP contribution in [-0.2, 0) is 21.2 Å².